The number of nitrogens with zero attached hydrogens (tertiary/aromatic N) is 2. The van der Waals surface area contributed by atoms with Crippen LogP contribution in [0.4, 0.5) is 0 Å². The third kappa shape index (κ3) is 2.63. The van der Waals surface area contributed by atoms with Gasteiger partial charge in [-0.15, -0.1) is 0 Å². The van der Waals surface area contributed by atoms with E-state index in [4.69, 9.17) is 0 Å². The van der Waals surface area contributed by atoms with Crippen molar-refractivity contribution in [3.63, 3.8) is 0 Å². The van der Waals surface area contributed by atoms with Crippen LogP contribution in [-0.2, 0) is 0 Å². The summed E-state index contributed by atoms with van der Waals surface area (Å²) in [5.41, 5.74) is 4.42. The Bertz CT molecular complexity index is 460. The molecule has 0 radical (unpaired) electrons. The lowest BCUT2D eigenvalue weighted by molar-refractivity contribution is 0.506. The molecule has 1 aromatic heterocycles. The van der Waals surface area contributed by atoms with Gasteiger partial charge in [0.15, 0.2) is 0 Å². The van der Waals surface area contributed by atoms with Gasteiger partial charge in [-0.05, 0) is 39.5 Å². The molecule has 2 unspecified atom stereocenters. The standard InChI is InChI=1S/C15H20N2/c1-10(2)13-6-5-7-14(8-13)15-9-16-11(3)12(4)17-15/h5,7,9,13-14H,1,6,8H2,2-4H3. The second kappa shape index (κ2) is 4.82. The van der Waals surface area contributed by atoms with Gasteiger partial charge in [-0.1, -0.05) is 24.3 Å². The normalized spacial score (nSPS) is 23.7. The molecule has 0 N–H and O–H groups in total. The second-order valence-electron chi connectivity index (χ2n) is 5.02. The Balaban J connectivity index is 2.22. The highest BCUT2D eigenvalue weighted by Crippen LogP contribution is 2.33. The SMILES string of the molecule is C=C(C)C1CC=CC(c2cnc(C)c(C)n2)C1. The van der Waals surface area contributed by atoms with Gasteiger partial charge < -0.3 is 0 Å². The molecule has 0 aromatic carbocycles. The lowest BCUT2D eigenvalue weighted by Gasteiger charge is -2.24. The van der Waals surface area contributed by atoms with Gasteiger partial charge >= 0.3 is 0 Å². The first-order valence-electron chi connectivity index (χ1n) is 6.20. The second-order valence-corrected chi connectivity index (χ2v) is 5.02. The Morgan fingerprint density at radius 1 is 1.35 bits per heavy atom. The van der Waals surface area contributed by atoms with Crippen molar-refractivity contribution in [2.75, 3.05) is 0 Å². The van der Waals surface area contributed by atoms with E-state index in [0.717, 1.165) is 29.9 Å². The molecule has 1 aromatic rings. The van der Waals surface area contributed by atoms with Gasteiger partial charge in [0, 0.05) is 12.1 Å². The van der Waals surface area contributed by atoms with Crippen molar-refractivity contribution in [2.45, 2.75) is 39.5 Å². The fourth-order valence-corrected chi connectivity index (χ4v) is 2.25. The fourth-order valence-electron chi connectivity index (χ4n) is 2.25. The van der Waals surface area contributed by atoms with Crippen LogP contribution in [0.15, 0.2) is 30.5 Å². The summed E-state index contributed by atoms with van der Waals surface area (Å²) in [5, 5.41) is 0. The molecule has 1 aliphatic carbocycles. The number of hydrogen-bond donors (Lipinski definition) is 0. The van der Waals surface area contributed by atoms with E-state index in [2.05, 4.69) is 35.6 Å². The molecule has 0 saturated carbocycles. The first-order valence-corrected chi connectivity index (χ1v) is 6.20. The molecule has 2 nitrogen and oxygen atoms in total. The first-order chi connectivity index (χ1) is 8.08. The van der Waals surface area contributed by atoms with Crippen LogP contribution in [-0.4, -0.2) is 9.97 Å². The number of hydrogen-bond acceptors (Lipinski definition) is 2. The highest BCUT2D eigenvalue weighted by atomic mass is 14.8. The average Bonchev–Trinajstić information content (AvgIpc) is 2.33. The van der Waals surface area contributed by atoms with Gasteiger partial charge in [0.2, 0.25) is 0 Å². The van der Waals surface area contributed by atoms with E-state index in [0.29, 0.717) is 11.8 Å². The Hall–Kier alpha value is -1.44. The number of aryl methyl sites for hydroxylation is 2. The van der Waals surface area contributed by atoms with E-state index in [1.54, 1.807) is 0 Å². The van der Waals surface area contributed by atoms with E-state index in [1.165, 1.54) is 5.57 Å². The molecule has 0 fully saturated rings. The summed E-state index contributed by atoms with van der Waals surface area (Å²) in [6.07, 6.45) is 8.66. The van der Waals surface area contributed by atoms with Crippen LogP contribution in [0.25, 0.3) is 0 Å². The minimum Gasteiger partial charge on any atom is -0.258 e. The monoisotopic (exact) mass is 228 g/mol. The van der Waals surface area contributed by atoms with Gasteiger partial charge in [-0.3, -0.25) is 9.97 Å². The predicted octanol–water partition coefficient (Wildman–Crippen LogP) is 3.72. The van der Waals surface area contributed by atoms with Crippen LogP contribution in [0.1, 0.15) is 42.8 Å². The topological polar surface area (TPSA) is 25.8 Å². The van der Waals surface area contributed by atoms with Crippen molar-refractivity contribution in [3.05, 3.63) is 47.6 Å². The average molecular weight is 228 g/mol. The van der Waals surface area contributed by atoms with Gasteiger partial charge in [-0.2, -0.15) is 0 Å². The summed E-state index contributed by atoms with van der Waals surface area (Å²) in [6.45, 7) is 10.2. The van der Waals surface area contributed by atoms with E-state index >= 15 is 0 Å². The van der Waals surface area contributed by atoms with Crippen molar-refractivity contribution < 1.29 is 0 Å². The van der Waals surface area contributed by atoms with Crippen LogP contribution in [0.2, 0.25) is 0 Å². The van der Waals surface area contributed by atoms with Crippen molar-refractivity contribution in [1.82, 2.24) is 9.97 Å². The van der Waals surface area contributed by atoms with Crippen LogP contribution in [0, 0.1) is 19.8 Å². The molecule has 1 heterocycles. The van der Waals surface area contributed by atoms with Crippen molar-refractivity contribution in [2.24, 2.45) is 5.92 Å². The molecule has 0 saturated heterocycles. The molecule has 2 heteroatoms. The largest absolute Gasteiger partial charge is 0.258 e. The quantitative estimate of drug-likeness (QED) is 0.721. The molecular weight excluding hydrogens is 208 g/mol. The zero-order chi connectivity index (χ0) is 12.4. The predicted molar refractivity (Wildman–Crippen MR) is 70.9 cm³/mol. The number of aromatic nitrogens is 2. The minimum atomic E-state index is 0.400. The van der Waals surface area contributed by atoms with Crippen molar-refractivity contribution >= 4 is 0 Å². The first kappa shape index (κ1) is 12.0. The van der Waals surface area contributed by atoms with Crippen LogP contribution >= 0.6 is 0 Å². The third-order valence-electron chi connectivity index (χ3n) is 3.62. The summed E-state index contributed by atoms with van der Waals surface area (Å²) >= 11 is 0. The summed E-state index contributed by atoms with van der Waals surface area (Å²) in [5.74, 6) is 0.991. The number of allylic oxidation sites excluding steroid dienone is 3. The maximum Gasteiger partial charge on any atom is 0.0658 e. The van der Waals surface area contributed by atoms with E-state index in [9.17, 15) is 0 Å². The van der Waals surface area contributed by atoms with Crippen LogP contribution in [0.3, 0.4) is 0 Å². The van der Waals surface area contributed by atoms with E-state index < -0.39 is 0 Å². The van der Waals surface area contributed by atoms with Crippen LogP contribution < -0.4 is 0 Å². The molecular formula is C15H20N2. The molecule has 0 bridgehead atoms. The maximum absolute atomic E-state index is 4.65. The van der Waals surface area contributed by atoms with E-state index in [-0.39, 0.29) is 0 Å². The molecule has 17 heavy (non-hydrogen) atoms. The van der Waals surface area contributed by atoms with Gasteiger partial charge in [0.05, 0.1) is 17.1 Å². The van der Waals surface area contributed by atoms with E-state index in [1.807, 2.05) is 20.0 Å². The summed E-state index contributed by atoms with van der Waals surface area (Å²) < 4.78 is 0. The minimum absolute atomic E-state index is 0.400. The lowest BCUT2D eigenvalue weighted by atomic mass is 9.82. The van der Waals surface area contributed by atoms with Crippen molar-refractivity contribution in [1.29, 1.82) is 0 Å². The lowest BCUT2D eigenvalue weighted by Crippen LogP contribution is -2.13. The molecule has 90 valence electrons. The smallest absolute Gasteiger partial charge is 0.0658 e. The zero-order valence-electron chi connectivity index (χ0n) is 10.9. The maximum atomic E-state index is 4.65. The molecule has 1 aliphatic rings. The van der Waals surface area contributed by atoms with Crippen molar-refractivity contribution in [3.8, 4) is 0 Å². The molecule has 2 atom stereocenters. The third-order valence-corrected chi connectivity index (χ3v) is 3.62. The Morgan fingerprint density at radius 2 is 2.12 bits per heavy atom. The summed E-state index contributed by atoms with van der Waals surface area (Å²) in [4.78, 5) is 9.05. The molecule has 0 amide bonds. The molecule has 0 spiro atoms. The Kier molecular flexibility index (Phi) is 3.41. The summed E-state index contributed by atoms with van der Waals surface area (Å²) in [7, 11) is 0. The zero-order valence-corrected chi connectivity index (χ0v) is 10.9. The fraction of sp³-hybridized carbons (Fsp3) is 0.467. The Morgan fingerprint density at radius 3 is 2.76 bits per heavy atom. The van der Waals surface area contributed by atoms with Gasteiger partial charge in [0.25, 0.3) is 0 Å². The summed E-state index contributed by atoms with van der Waals surface area (Å²) in [6, 6.07) is 0. The number of rotatable bonds is 2. The highest BCUT2D eigenvalue weighted by Gasteiger charge is 2.21. The highest BCUT2D eigenvalue weighted by molar-refractivity contribution is 5.21. The van der Waals surface area contributed by atoms with Gasteiger partial charge in [0.1, 0.15) is 0 Å². The molecule has 2 rings (SSSR count). The molecule has 0 aliphatic heterocycles. The Labute approximate surface area is 104 Å². The van der Waals surface area contributed by atoms with Crippen LogP contribution in [0.5, 0.6) is 0 Å². The van der Waals surface area contributed by atoms with Gasteiger partial charge in [-0.25, -0.2) is 0 Å².